The lowest BCUT2D eigenvalue weighted by molar-refractivity contribution is 0.103. The van der Waals surface area contributed by atoms with Crippen LogP contribution in [-0.2, 0) is 0 Å². The summed E-state index contributed by atoms with van der Waals surface area (Å²) in [6.07, 6.45) is 0. The molecule has 0 unspecified atom stereocenters. The van der Waals surface area contributed by atoms with E-state index in [4.69, 9.17) is 0 Å². The predicted octanol–water partition coefficient (Wildman–Crippen LogP) is 3.67. The van der Waals surface area contributed by atoms with Crippen molar-refractivity contribution in [1.82, 2.24) is 4.98 Å². The molecular formula is C14H8FNOS. The van der Waals surface area contributed by atoms with Gasteiger partial charge in [0.2, 0.25) is 5.78 Å². The molecule has 0 N–H and O–H groups in total. The van der Waals surface area contributed by atoms with Crippen molar-refractivity contribution in [3.63, 3.8) is 0 Å². The number of para-hydroxylation sites is 1. The maximum absolute atomic E-state index is 12.8. The van der Waals surface area contributed by atoms with Crippen molar-refractivity contribution in [3.05, 3.63) is 64.9 Å². The van der Waals surface area contributed by atoms with Gasteiger partial charge in [-0.1, -0.05) is 12.1 Å². The third-order valence-corrected chi connectivity index (χ3v) is 3.63. The molecule has 3 aromatic rings. The van der Waals surface area contributed by atoms with Crippen LogP contribution in [0.4, 0.5) is 4.39 Å². The molecule has 2 nitrogen and oxygen atoms in total. The number of hydrogen-bond donors (Lipinski definition) is 0. The number of aromatic nitrogens is 1. The first kappa shape index (κ1) is 11.0. The van der Waals surface area contributed by atoms with Crippen LogP contribution in [0.5, 0.6) is 0 Å². The Bertz CT molecular complexity index is 685. The van der Waals surface area contributed by atoms with Crippen LogP contribution in [0, 0.1) is 5.82 Å². The summed E-state index contributed by atoms with van der Waals surface area (Å²) in [5.41, 5.74) is 1.27. The van der Waals surface area contributed by atoms with Gasteiger partial charge in [0.15, 0.2) is 5.01 Å². The van der Waals surface area contributed by atoms with Crippen molar-refractivity contribution in [2.75, 3.05) is 0 Å². The highest BCUT2D eigenvalue weighted by Gasteiger charge is 2.14. The van der Waals surface area contributed by atoms with Crippen LogP contribution in [-0.4, -0.2) is 10.8 Å². The van der Waals surface area contributed by atoms with Crippen molar-refractivity contribution in [1.29, 1.82) is 0 Å². The molecule has 0 bridgehead atoms. The molecular weight excluding hydrogens is 249 g/mol. The topological polar surface area (TPSA) is 30.0 Å². The van der Waals surface area contributed by atoms with Crippen molar-refractivity contribution in [3.8, 4) is 0 Å². The van der Waals surface area contributed by atoms with E-state index in [1.165, 1.54) is 35.6 Å². The van der Waals surface area contributed by atoms with Crippen LogP contribution in [0.2, 0.25) is 0 Å². The lowest BCUT2D eigenvalue weighted by Crippen LogP contribution is -2.00. The Morgan fingerprint density at radius 2 is 1.78 bits per heavy atom. The Labute approximate surface area is 107 Å². The van der Waals surface area contributed by atoms with Crippen molar-refractivity contribution >= 4 is 27.3 Å². The molecule has 0 spiro atoms. The highest BCUT2D eigenvalue weighted by Crippen LogP contribution is 2.23. The maximum Gasteiger partial charge on any atom is 0.221 e. The molecule has 0 saturated heterocycles. The number of halogens is 1. The second kappa shape index (κ2) is 4.31. The number of fused-ring (bicyclic) bond motifs is 1. The summed E-state index contributed by atoms with van der Waals surface area (Å²) in [4.78, 5) is 16.4. The van der Waals surface area contributed by atoms with Crippen LogP contribution in [0.15, 0.2) is 48.5 Å². The number of benzene rings is 2. The van der Waals surface area contributed by atoms with Crippen molar-refractivity contribution in [2.24, 2.45) is 0 Å². The fraction of sp³-hybridized carbons (Fsp3) is 0. The molecule has 18 heavy (non-hydrogen) atoms. The van der Waals surface area contributed by atoms with Crippen LogP contribution < -0.4 is 0 Å². The van der Waals surface area contributed by atoms with Crippen molar-refractivity contribution in [2.45, 2.75) is 0 Å². The number of ketones is 1. The highest BCUT2D eigenvalue weighted by molar-refractivity contribution is 7.20. The van der Waals surface area contributed by atoms with Gasteiger partial charge in [0.05, 0.1) is 10.2 Å². The normalized spacial score (nSPS) is 10.7. The molecule has 0 aliphatic carbocycles. The first-order chi connectivity index (χ1) is 8.74. The predicted molar refractivity (Wildman–Crippen MR) is 69.5 cm³/mol. The summed E-state index contributed by atoms with van der Waals surface area (Å²) in [5.74, 6) is -0.521. The van der Waals surface area contributed by atoms with E-state index in [9.17, 15) is 9.18 Å². The number of hydrogen-bond acceptors (Lipinski definition) is 3. The Balaban J connectivity index is 2.03. The van der Waals surface area contributed by atoms with Crippen LogP contribution >= 0.6 is 11.3 Å². The van der Waals surface area contributed by atoms with E-state index in [-0.39, 0.29) is 11.6 Å². The number of rotatable bonds is 2. The Hall–Kier alpha value is -2.07. The molecule has 0 radical (unpaired) electrons. The van der Waals surface area contributed by atoms with E-state index in [1.54, 1.807) is 0 Å². The zero-order valence-corrected chi connectivity index (χ0v) is 10.1. The molecule has 4 heteroatoms. The standard InChI is InChI=1S/C14H8FNOS/c15-10-7-5-9(6-8-10)13(17)14-16-11-3-1-2-4-12(11)18-14/h1-8H. The van der Waals surface area contributed by atoms with Gasteiger partial charge in [0.1, 0.15) is 5.82 Å². The molecule has 0 fully saturated rings. The zero-order chi connectivity index (χ0) is 12.5. The minimum absolute atomic E-state index is 0.170. The van der Waals surface area contributed by atoms with Crippen LogP contribution in [0.3, 0.4) is 0 Å². The highest BCUT2D eigenvalue weighted by atomic mass is 32.1. The monoisotopic (exact) mass is 257 g/mol. The SMILES string of the molecule is O=C(c1ccc(F)cc1)c1nc2ccccc2s1. The molecule has 0 amide bonds. The van der Waals surface area contributed by atoms with E-state index in [2.05, 4.69) is 4.98 Å². The second-order valence-corrected chi connectivity index (χ2v) is 4.85. The molecule has 2 aromatic carbocycles. The lowest BCUT2D eigenvalue weighted by atomic mass is 10.1. The van der Waals surface area contributed by atoms with E-state index < -0.39 is 0 Å². The van der Waals surface area contributed by atoms with E-state index >= 15 is 0 Å². The Morgan fingerprint density at radius 3 is 2.50 bits per heavy atom. The number of thiazole rings is 1. The van der Waals surface area contributed by atoms with Crippen LogP contribution in [0.25, 0.3) is 10.2 Å². The fourth-order valence-corrected chi connectivity index (χ4v) is 2.62. The number of carbonyl (C=O) groups excluding carboxylic acids is 1. The zero-order valence-electron chi connectivity index (χ0n) is 9.26. The summed E-state index contributed by atoms with van der Waals surface area (Å²) < 4.78 is 13.8. The third kappa shape index (κ3) is 1.91. The number of carbonyl (C=O) groups is 1. The quantitative estimate of drug-likeness (QED) is 0.656. The fourth-order valence-electron chi connectivity index (χ4n) is 1.69. The van der Waals surface area contributed by atoms with E-state index in [0.717, 1.165) is 10.2 Å². The molecule has 0 aliphatic heterocycles. The molecule has 0 saturated carbocycles. The second-order valence-electron chi connectivity index (χ2n) is 3.82. The molecule has 0 atom stereocenters. The third-order valence-electron chi connectivity index (χ3n) is 2.59. The Morgan fingerprint density at radius 1 is 1.06 bits per heavy atom. The molecule has 1 heterocycles. The minimum Gasteiger partial charge on any atom is -0.286 e. The van der Waals surface area contributed by atoms with Crippen LogP contribution in [0.1, 0.15) is 15.4 Å². The first-order valence-electron chi connectivity index (χ1n) is 5.40. The smallest absolute Gasteiger partial charge is 0.221 e. The van der Waals surface area contributed by atoms with Crippen molar-refractivity contribution < 1.29 is 9.18 Å². The summed E-state index contributed by atoms with van der Waals surface area (Å²) >= 11 is 1.35. The lowest BCUT2D eigenvalue weighted by Gasteiger charge is -1.96. The van der Waals surface area contributed by atoms with Gasteiger partial charge in [-0.05, 0) is 36.4 Å². The summed E-state index contributed by atoms with van der Waals surface area (Å²) in [6.45, 7) is 0. The average molecular weight is 257 g/mol. The van der Waals surface area contributed by atoms with Gasteiger partial charge in [0, 0.05) is 5.56 Å². The molecule has 1 aromatic heterocycles. The largest absolute Gasteiger partial charge is 0.286 e. The van der Waals surface area contributed by atoms with Gasteiger partial charge >= 0.3 is 0 Å². The van der Waals surface area contributed by atoms with E-state index in [1.807, 2.05) is 24.3 Å². The summed E-state index contributed by atoms with van der Waals surface area (Å²) in [5, 5.41) is 0.433. The van der Waals surface area contributed by atoms with Gasteiger partial charge < -0.3 is 0 Å². The first-order valence-corrected chi connectivity index (χ1v) is 6.21. The van der Waals surface area contributed by atoms with Gasteiger partial charge in [0.25, 0.3) is 0 Å². The van der Waals surface area contributed by atoms with Gasteiger partial charge in [-0.15, -0.1) is 11.3 Å². The summed E-state index contributed by atoms with van der Waals surface area (Å²) in [7, 11) is 0. The minimum atomic E-state index is -0.351. The molecule has 3 rings (SSSR count). The van der Waals surface area contributed by atoms with Gasteiger partial charge in [-0.2, -0.15) is 0 Å². The molecule has 88 valence electrons. The van der Waals surface area contributed by atoms with Gasteiger partial charge in [-0.3, -0.25) is 4.79 Å². The Kier molecular flexibility index (Phi) is 2.64. The van der Waals surface area contributed by atoms with Gasteiger partial charge in [-0.25, -0.2) is 9.37 Å². The maximum atomic E-state index is 12.8. The summed E-state index contributed by atoms with van der Waals surface area (Å²) in [6, 6.07) is 13.1. The molecule has 0 aliphatic rings. The average Bonchev–Trinajstić information content (AvgIpc) is 2.82. The number of nitrogens with zero attached hydrogens (tertiary/aromatic N) is 1. The van der Waals surface area contributed by atoms with E-state index in [0.29, 0.717) is 10.6 Å².